The van der Waals surface area contributed by atoms with Crippen LogP contribution in [-0.2, 0) is 0 Å². The molecule has 2 rings (SSSR count). The average Bonchev–Trinajstić information content (AvgIpc) is 2.41. The summed E-state index contributed by atoms with van der Waals surface area (Å²) in [5, 5.41) is 10.1. The highest BCUT2D eigenvalue weighted by atomic mass is 35.5. The van der Waals surface area contributed by atoms with E-state index in [1.807, 2.05) is 0 Å². The molecule has 0 unspecified atom stereocenters. The van der Waals surface area contributed by atoms with Crippen molar-refractivity contribution >= 4 is 51.7 Å². The maximum Gasteiger partial charge on any atom is 0.339 e. The summed E-state index contributed by atoms with van der Waals surface area (Å²) in [5.74, 6) is -1.11. The average molecular weight is 264 g/mol. The first kappa shape index (κ1) is 10.6. The topological polar surface area (TPSA) is 53.1 Å². The minimum absolute atomic E-state index is 0.00485. The van der Waals surface area contributed by atoms with Gasteiger partial charge in [0, 0.05) is 10.9 Å². The lowest BCUT2D eigenvalue weighted by Crippen LogP contribution is -1.95. The first-order chi connectivity index (χ1) is 7.00. The number of H-pyrrole nitrogens is 1. The Hall–Kier alpha value is -0.900. The van der Waals surface area contributed by atoms with Gasteiger partial charge >= 0.3 is 5.97 Å². The molecule has 2 N–H and O–H groups in total. The van der Waals surface area contributed by atoms with Crippen molar-refractivity contribution in [1.82, 2.24) is 4.98 Å². The molecule has 0 amide bonds. The molecular weight excluding hydrogens is 260 g/mol. The van der Waals surface area contributed by atoms with Crippen molar-refractivity contribution in [3.63, 3.8) is 0 Å². The van der Waals surface area contributed by atoms with E-state index in [2.05, 4.69) is 4.98 Å². The summed E-state index contributed by atoms with van der Waals surface area (Å²) in [4.78, 5) is 13.6. The van der Waals surface area contributed by atoms with Gasteiger partial charge in [0.15, 0.2) is 0 Å². The number of rotatable bonds is 1. The van der Waals surface area contributed by atoms with Crippen molar-refractivity contribution in [3.05, 3.63) is 32.9 Å². The summed E-state index contributed by atoms with van der Waals surface area (Å²) in [6, 6.07) is 3.02. The summed E-state index contributed by atoms with van der Waals surface area (Å²) in [5.41, 5.74) is 0.553. The second kappa shape index (κ2) is 3.59. The highest BCUT2D eigenvalue weighted by molar-refractivity contribution is 6.43. The molecule has 6 heteroatoms. The first-order valence-electron chi connectivity index (χ1n) is 3.90. The highest BCUT2D eigenvalue weighted by Crippen LogP contribution is 2.32. The number of aromatic amines is 1. The number of fused-ring (bicyclic) bond motifs is 1. The standard InChI is InChI=1S/C9H4Cl3NO2/c10-4-1-3-6(2-5(4)11)13-8(12)7(3)9(14)15/h1-2,13H,(H,14,15). The Labute approximate surface area is 99.6 Å². The summed E-state index contributed by atoms with van der Waals surface area (Å²) in [7, 11) is 0. The molecule has 0 fully saturated rings. The minimum Gasteiger partial charge on any atom is -0.478 e. The SMILES string of the molecule is O=C(O)c1c(Cl)[nH]c2cc(Cl)c(Cl)cc12. The third-order valence-electron chi connectivity index (χ3n) is 2.01. The van der Waals surface area contributed by atoms with E-state index in [1.54, 1.807) is 0 Å². The van der Waals surface area contributed by atoms with E-state index in [4.69, 9.17) is 39.9 Å². The molecule has 78 valence electrons. The molecule has 3 nitrogen and oxygen atoms in total. The van der Waals surface area contributed by atoms with Crippen molar-refractivity contribution in [1.29, 1.82) is 0 Å². The summed E-state index contributed by atoms with van der Waals surface area (Å²) >= 11 is 17.3. The van der Waals surface area contributed by atoms with Crippen molar-refractivity contribution in [2.75, 3.05) is 0 Å². The van der Waals surface area contributed by atoms with Crippen LogP contribution in [0.2, 0.25) is 15.2 Å². The zero-order valence-corrected chi connectivity index (χ0v) is 9.41. The lowest BCUT2D eigenvalue weighted by atomic mass is 10.2. The van der Waals surface area contributed by atoms with E-state index < -0.39 is 5.97 Å². The number of carboxylic acid groups (broad SMARTS) is 1. The third-order valence-corrected chi connectivity index (χ3v) is 3.01. The molecule has 1 aromatic heterocycles. The Balaban J connectivity index is 2.87. The van der Waals surface area contributed by atoms with E-state index in [9.17, 15) is 4.79 Å². The molecule has 0 spiro atoms. The van der Waals surface area contributed by atoms with Crippen molar-refractivity contribution < 1.29 is 9.90 Å². The molecule has 0 aliphatic carbocycles. The number of aromatic carboxylic acids is 1. The number of carbonyl (C=O) groups is 1. The van der Waals surface area contributed by atoms with Crippen LogP contribution in [0.25, 0.3) is 10.9 Å². The largest absolute Gasteiger partial charge is 0.478 e. The van der Waals surface area contributed by atoms with Crippen LogP contribution in [0, 0.1) is 0 Å². The fraction of sp³-hybridized carbons (Fsp3) is 0. The smallest absolute Gasteiger partial charge is 0.339 e. The number of halogens is 3. The minimum atomic E-state index is -1.11. The number of nitrogens with one attached hydrogen (secondary N) is 1. The zero-order valence-electron chi connectivity index (χ0n) is 7.14. The van der Waals surface area contributed by atoms with Gasteiger partial charge in [-0.2, -0.15) is 0 Å². The number of hydrogen-bond donors (Lipinski definition) is 2. The van der Waals surface area contributed by atoms with Crippen LogP contribution >= 0.6 is 34.8 Å². The third kappa shape index (κ3) is 1.67. The lowest BCUT2D eigenvalue weighted by Gasteiger charge is -1.96. The van der Waals surface area contributed by atoms with Gasteiger partial charge in [0.05, 0.1) is 10.0 Å². The van der Waals surface area contributed by atoms with Crippen molar-refractivity contribution in [2.45, 2.75) is 0 Å². The highest BCUT2D eigenvalue weighted by Gasteiger charge is 2.17. The maximum absolute atomic E-state index is 10.9. The summed E-state index contributed by atoms with van der Waals surface area (Å²) < 4.78 is 0. The fourth-order valence-corrected chi connectivity index (χ4v) is 1.98. The van der Waals surface area contributed by atoms with Gasteiger partial charge in [-0.15, -0.1) is 0 Å². The molecule has 0 bridgehead atoms. The first-order valence-corrected chi connectivity index (χ1v) is 5.03. The quantitative estimate of drug-likeness (QED) is 0.822. The van der Waals surface area contributed by atoms with Crippen LogP contribution in [0.15, 0.2) is 12.1 Å². The second-order valence-electron chi connectivity index (χ2n) is 2.93. The van der Waals surface area contributed by atoms with Crippen LogP contribution in [0.1, 0.15) is 10.4 Å². The Bertz CT molecular complexity index is 562. The van der Waals surface area contributed by atoms with Crippen LogP contribution in [0.4, 0.5) is 0 Å². The normalized spacial score (nSPS) is 10.9. The molecule has 0 saturated heterocycles. The number of aromatic nitrogens is 1. The molecule has 1 aromatic carbocycles. The van der Waals surface area contributed by atoms with Crippen molar-refractivity contribution in [3.8, 4) is 0 Å². The number of hydrogen-bond acceptors (Lipinski definition) is 1. The van der Waals surface area contributed by atoms with Crippen LogP contribution < -0.4 is 0 Å². The Kier molecular flexibility index (Phi) is 2.54. The zero-order chi connectivity index (χ0) is 11.2. The molecular formula is C9H4Cl3NO2. The van der Waals surface area contributed by atoms with Crippen molar-refractivity contribution in [2.24, 2.45) is 0 Å². The van der Waals surface area contributed by atoms with Gasteiger partial charge in [0.2, 0.25) is 0 Å². The van der Waals surface area contributed by atoms with Crippen LogP contribution in [0.5, 0.6) is 0 Å². The molecule has 2 aromatic rings. The van der Waals surface area contributed by atoms with Gasteiger partial charge in [0.1, 0.15) is 10.7 Å². The second-order valence-corrected chi connectivity index (χ2v) is 4.12. The Morgan fingerprint density at radius 1 is 1.20 bits per heavy atom. The van der Waals surface area contributed by atoms with Crippen LogP contribution in [0.3, 0.4) is 0 Å². The van der Waals surface area contributed by atoms with Gasteiger partial charge in [-0.05, 0) is 12.1 Å². The fourth-order valence-electron chi connectivity index (χ4n) is 1.37. The molecule has 0 aliphatic heterocycles. The van der Waals surface area contributed by atoms with Gasteiger partial charge in [-0.1, -0.05) is 34.8 Å². The van der Waals surface area contributed by atoms with E-state index in [0.717, 1.165) is 0 Å². The summed E-state index contributed by atoms with van der Waals surface area (Å²) in [6.07, 6.45) is 0. The molecule has 0 saturated carbocycles. The van der Waals surface area contributed by atoms with Crippen LogP contribution in [-0.4, -0.2) is 16.1 Å². The molecule has 0 radical (unpaired) electrons. The monoisotopic (exact) mass is 263 g/mol. The molecule has 0 atom stereocenters. The Morgan fingerprint density at radius 2 is 1.80 bits per heavy atom. The molecule has 15 heavy (non-hydrogen) atoms. The lowest BCUT2D eigenvalue weighted by molar-refractivity contribution is 0.0699. The van der Waals surface area contributed by atoms with E-state index >= 15 is 0 Å². The van der Waals surface area contributed by atoms with Gasteiger partial charge in [-0.25, -0.2) is 4.79 Å². The number of benzene rings is 1. The predicted molar refractivity (Wildman–Crippen MR) is 60.3 cm³/mol. The molecule has 1 heterocycles. The van der Waals surface area contributed by atoms with E-state index in [-0.39, 0.29) is 10.7 Å². The van der Waals surface area contributed by atoms with E-state index in [0.29, 0.717) is 20.9 Å². The van der Waals surface area contributed by atoms with E-state index in [1.165, 1.54) is 12.1 Å². The summed E-state index contributed by atoms with van der Waals surface area (Å²) in [6.45, 7) is 0. The van der Waals surface area contributed by atoms with Gasteiger partial charge in [-0.3, -0.25) is 0 Å². The Morgan fingerprint density at radius 3 is 2.40 bits per heavy atom. The number of carboxylic acids is 1. The molecule has 0 aliphatic rings. The van der Waals surface area contributed by atoms with Gasteiger partial charge in [0.25, 0.3) is 0 Å². The predicted octanol–water partition coefficient (Wildman–Crippen LogP) is 3.83. The van der Waals surface area contributed by atoms with Gasteiger partial charge < -0.3 is 10.1 Å². The maximum atomic E-state index is 10.9.